The zero-order chi connectivity index (χ0) is 9.10. The van der Waals surface area contributed by atoms with Gasteiger partial charge in [-0.05, 0) is 11.5 Å². The van der Waals surface area contributed by atoms with Crippen molar-refractivity contribution in [2.45, 2.75) is 6.54 Å². The standard InChI is InChI=1S/C11H10NO/c13-8-7-12-6-5-10-3-1-2-4-11(10)9-12/h1-6,8-9H,7H2/q+1. The Bertz CT molecular complexity index is 437. The molecule has 64 valence electrons. The van der Waals surface area contributed by atoms with Crippen LogP contribution >= 0.6 is 0 Å². The van der Waals surface area contributed by atoms with Crippen molar-refractivity contribution in [1.29, 1.82) is 0 Å². The third kappa shape index (κ3) is 1.56. The van der Waals surface area contributed by atoms with E-state index in [0.29, 0.717) is 6.54 Å². The number of hydrogen-bond acceptors (Lipinski definition) is 1. The first kappa shape index (κ1) is 7.92. The number of hydrogen-bond donors (Lipinski definition) is 0. The average molecular weight is 172 g/mol. The molecule has 0 radical (unpaired) electrons. The van der Waals surface area contributed by atoms with Crippen molar-refractivity contribution in [3.63, 3.8) is 0 Å². The topological polar surface area (TPSA) is 20.9 Å². The molecule has 0 fully saturated rings. The Morgan fingerprint density at radius 1 is 1.15 bits per heavy atom. The van der Waals surface area contributed by atoms with E-state index in [0.717, 1.165) is 11.7 Å². The Morgan fingerprint density at radius 3 is 2.69 bits per heavy atom. The minimum atomic E-state index is 0.421. The summed E-state index contributed by atoms with van der Waals surface area (Å²) in [5.41, 5.74) is 0. The first-order chi connectivity index (χ1) is 6.40. The molecule has 0 amide bonds. The lowest BCUT2D eigenvalue weighted by Gasteiger charge is -1.94. The van der Waals surface area contributed by atoms with E-state index in [9.17, 15) is 4.79 Å². The number of fused-ring (bicyclic) bond motifs is 1. The number of benzene rings is 1. The van der Waals surface area contributed by atoms with Crippen LogP contribution in [-0.2, 0) is 11.3 Å². The second kappa shape index (κ2) is 3.35. The first-order valence-electron chi connectivity index (χ1n) is 4.21. The molecule has 0 bridgehead atoms. The van der Waals surface area contributed by atoms with Crippen molar-refractivity contribution in [2.75, 3.05) is 0 Å². The highest BCUT2D eigenvalue weighted by atomic mass is 16.1. The van der Waals surface area contributed by atoms with Gasteiger partial charge in [0.1, 0.15) is 0 Å². The number of carbonyl (C=O) groups is 1. The summed E-state index contributed by atoms with van der Waals surface area (Å²) < 4.78 is 1.87. The third-order valence-electron chi connectivity index (χ3n) is 2.03. The quantitative estimate of drug-likeness (QED) is 0.494. The summed E-state index contributed by atoms with van der Waals surface area (Å²) in [7, 11) is 0. The van der Waals surface area contributed by atoms with Crippen LogP contribution in [0, 0.1) is 0 Å². The maximum atomic E-state index is 10.3. The Labute approximate surface area is 76.4 Å². The number of rotatable bonds is 2. The first-order valence-corrected chi connectivity index (χ1v) is 4.21. The summed E-state index contributed by atoms with van der Waals surface area (Å²) in [5.74, 6) is 0. The molecule has 0 spiro atoms. The SMILES string of the molecule is O=CC[n+]1ccc2ccccc2c1. The van der Waals surface area contributed by atoms with Crippen molar-refractivity contribution in [3.05, 3.63) is 42.7 Å². The molecule has 0 atom stereocenters. The Balaban J connectivity index is 2.55. The molecule has 0 saturated heterocycles. The van der Waals surface area contributed by atoms with E-state index in [1.54, 1.807) is 0 Å². The van der Waals surface area contributed by atoms with Gasteiger partial charge in [-0.1, -0.05) is 18.2 Å². The number of aromatic nitrogens is 1. The van der Waals surface area contributed by atoms with Gasteiger partial charge >= 0.3 is 0 Å². The number of aldehydes is 1. The van der Waals surface area contributed by atoms with Crippen LogP contribution in [0.3, 0.4) is 0 Å². The molecule has 2 aromatic rings. The molecule has 2 nitrogen and oxygen atoms in total. The smallest absolute Gasteiger partial charge is 0.203 e. The molecule has 0 aliphatic heterocycles. The van der Waals surface area contributed by atoms with Gasteiger partial charge in [0.05, 0.1) is 0 Å². The van der Waals surface area contributed by atoms with E-state index in [1.807, 2.05) is 41.2 Å². The maximum Gasteiger partial charge on any atom is 0.203 e. The van der Waals surface area contributed by atoms with Crippen LogP contribution in [0.25, 0.3) is 10.8 Å². The predicted octanol–water partition coefficient (Wildman–Crippen LogP) is 1.33. The largest absolute Gasteiger partial charge is 0.296 e. The molecule has 0 aliphatic carbocycles. The molecule has 2 heteroatoms. The highest BCUT2D eigenvalue weighted by Gasteiger charge is 1.99. The van der Waals surface area contributed by atoms with Crippen molar-refractivity contribution in [3.8, 4) is 0 Å². The Hall–Kier alpha value is -1.70. The van der Waals surface area contributed by atoms with E-state index in [4.69, 9.17) is 0 Å². The number of nitrogens with zero attached hydrogens (tertiary/aromatic N) is 1. The van der Waals surface area contributed by atoms with E-state index < -0.39 is 0 Å². The minimum absolute atomic E-state index is 0.421. The van der Waals surface area contributed by atoms with Gasteiger partial charge in [-0.2, -0.15) is 4.57 Å². The fourth-order valence-electron chi connectivity index (χ4n) is 1.38. The van der Waals surface area contributed by atoms with E-state index in [-0.39, 0.29) is 0 Å². The highest BCUT2D eigenvalue weighted by molar-refractivity contribution is 5.80. The minimum Gasteiger partial charge on any atom is -0.296 e. The summed E-state index contributed by atoms with van der Waals surface area (Å²) in [5, 5.41) is 2.36. The zero-order valence-electron chi connectivity index (χ0n) is 7.18. The van der Waals surface area contributed by atoms with E-state index >= 15 is 0 Å². The second-order valence-corrected chi connectivity index (χ2v) is 2.94. The molecule has 1 aromatic carbocycles. The molecule has 1 heterocycles. The fourth-order valence-corrected chi connectivity index (χ4v) is 1.38. The third-order valence-corrected chi connectivity index (χ3v) is 2.03. The van der Waals surface area contributed by atoms with Gasteiger partial charge in [-0.15, -0.1) is 0 Å². The van der Waals surface area contributed by atoms with Gasteiger partial charge in [-0.3, -0.25) is 4.79 Å². The highest BCUT2D eigenvalue weighted by Crippen LogP contribution is 2.09. The van der Waals surface area contributed by atoms with Gasteiger partial charge in [0.15, 0.2) is 18.7 Å². The summed E-state index contributed by atoms with van der Waals surface area (Å²) >= 11 is 0. The second-order valence-electron chi connectivity index (χ2n) is 2.94. The summed E-state index contributed by atoms with van der Waals surface area (Å²) in [6, 6.07) is 10.1. The Kier molecular flexibility index (Phi) is 2.04. The van der Waals surface area contributed by atoms with Crippen LogP contribution in [0.4, 0.5) is 0 Å². The van der Waals surface area contributed by atoms with Crippen LogP contribution in [0.2, 0.25) is 0 Å². The van der Waals surface area contributed by atoms with Crippen molar-refractivity contribution in [1.82, 2.24) is 0 Å². The van der Waals surface area contributed by atoms with E-state index in [2.05, 4.69) is 6.07 Å². The summed E-state index contributed by atoms with van der Waals surface area (Å²) in [4.78, 5) is 10.3. The fraction of sp³-hybridized carbons (Fsp3) is 0.0909. The van der Waals surface area contributed by atoms with Crippen LogP contribution in [0.5, 0.6) is 0 Å². The number of carbonyl (C=O) groups excluding carboxylic acids is 1. The van der Waals surface area contributed by atoms with Crippen LogP contribution in [0.15, 0.2) is 42.7 Å². The lowest BCUT2D eigenvalue weighted by molar-refractivity contribution is -0.681. The normalized spacial score (nSPS) is 10.2. The van der Waals surface area contributed by atoms with E-state index in [1.165, 1.54) is 5.39 Å². The van der Waals surface area contributed by atoms with Gasteiger partial charge in [0.2, 0.25) is 6.54 Å². The van der Waals surface area contributed by atoms with Crippen molar-refractivity contribution >= 4 is 17.1 Å². The molecule has 0 saturated carbocycles. The molecule has 0 unspecified atom stereocenters. The summed E-state index contributed by atoms with van der Waals surface area (Å²) in [6.45, 7) is 0.421. The lowest BCUT2D eigenvalue weighted by Crippen LogP contribution is -2.33. The molecule has 0 N–H and O–H groups in total. The van der Waals surface area contributed by atoms with Crippen molar-refractivity contribution < 1.29 is 9.36 Å². The van der Waals surface area contributed by atoms with Gasteiger partial charge in [0.25, 0.3) is 0 Å². The zero-order valence-corrected chi connectivity index (χ0v) is 7.18. The monoisotopic (exact) mass is 172 g/mol. The molecular formula is C11H10NO+. The lowest BCUT2D eigenvalue weighted by atomic mass is 10.2. The van der Waals surface area contributed by atoms with Crippen LogP contribution < -0.4 is 4.57 Å². The summed E-state index contributed by atoms with van der Waals surface area (Å²) in [6.07, 6.45) is 4.79. The molecule has 2 rings (SSSR count). The molecule has 0 aliphatic rings. The maximum absolute atomic E-state index is 10.3. The van der Waals surface area contributed by atoms with Crippen LogP contribution in [-0.4, -0.2) is 6.29 Å². The average Bonchev–Trinajstić information content (AvgIpc) is 2.18. The van der Waals surface area contributed by atoms with Crippen molar-refractivity contribution in [2.24, 2.45) is 0 Å². The predicted molar refractivity (Wildman–Crippen MR) is 50.2 cm³/mol. The Morgan fingerprint density at radius 2 is 1.92 bits per heavy atom. The molecular weight excluding hydrogens is 162 g/mol. The van der Waals surface area contributed by atoms with Gasteiger partial charge in [-0.25, -0.2) is 0 Å². The van der Waals surface area contributed by atoms with Gasteiger partial charge in [0, 0.05) is 11.5 Å². The number of pyridine rings is 1. The van der Waals surface area contributed by atoms with Crippen LogP contribution in [0.1, 0.15) is 0 Å². The molecule has 1 aromatic heterocycles. The van der Waals surface area contributed by atoms with Gasteiger partial charge < -0.3 is 0 Å². The molecule has 13 heavy (non-hydrogen) atoms.